The molecule has 1 atom stereocenters. The molecule has 3 aliphatic rings. The van der Waals surface area contributed by atoms with Crippen LogP contribution in [0.15, 0.2) is 30.5 Å². The highest BCUT2D eigenvalue weighted by Crippen LogP contribution is 2.37. The number of carbonyl (C=O) groups excluding carboxylic acids is 1. The third-order valence-electron chi connectivity index (χ3n) is 7.42. The third kappa shape index (κ3) is 5.87. The zero-order valence-corrected chi connectivity index (χ0v) is 23.2. The average Bonchev–Trinajstić information content (AvgIpc) is 2.93. The number of ether oxygens (including phenoxy) is 3. The van der Waals surface area contributed by atoms with Gasteiger partial charge in [0, 0.05) is 37.8 Å². The summed E-state index contributed by atoms with van der Waals surface area (Å²) in [4.78, 5) is 33.0. The van der Waals surface area contributed by atoms with Gasteiger partial charge in [-0.3, -0.25) is 19.0 Å². The highest BCUT2D eigenvalue weighted by Gasteiger charge is 2.39. The van der Waals surface area contributed by atoms with Crippen LogP contribution in [0, 0.1) is 0 Å². The Morgan fingerprint density at radius 2 is 1.93 bits per heavy atom. The van der Waals surface area contributed by atoms with Crippen molar-refractivity contribution in [2.45, 2.75) is 37.9 Å². The van der Waals surface area contributed by atoms with Gasteiger partial charge in [-0.15, -0.1) is 0 Å². The van der Waals surface area contributed by atoms with Gasteiger partial charge in [0.2, 0.25) is 15.9 Å². The lowest BCUT2D eigenvalue weighted by atomic mass is 10.0. The molecule has 1 saturated heterocycles. The van der Waals surface area contributed by atoms with E-state index in [4.69, 9.17) is 14.2 Å². The predicted molar refractivity (Wildman–Crippen MR) is 146 cm³/mol. The summed E-state index contributed by atoms with van der Waals surface area (Å²) >= 11 is 0. The number of nitrogens with zero attached hydrogens (tertiary/aromatic N) is 4. The number of piperidine rings is 1. The quantitative estimate of drug-likeness (QED) is 0.478. The summed E-state index contributed by atoms with van der Waals surface area (Å²) in [5, 5.41) is 12.7. The Bertz CT molecular complexity index is 1380. The van der Waals surface area contributed by atoms with E-state index in [1.54, 1.807) is 30.5 Å². The van der Waals surface area contributed by atoms with Gasteiger partial charge in [0.15, 0.2) is 11.5 Å². The number of hydrogen-bond acceptors (Lipinski definition) is 9. The standard InChI is InChI=1S/C26H33N5O8S/c1-37-19-3-4-21-20(14-19)28-25(32)22(31(21)40(2,35)36)7-10-29-8-5-18(6-9-29)30(26(33)34)16-17-13-23-24(15-27-17)39-12-11-38-23/h3-4,13-15,18,22H,5-12,16H2,1-2H3,(H,28,32)(H,33,34). The number of likely N-dealkylation sites (tertiary alicyclic amines) is 1. The Kier molecular flexibility index (Phi) is 7.90. The first-order valence-electron chi connectivity index (χ1n) is 13.1. The highest BCUT2D eigenvalue weighted by molar-refractivity contribution is 7.92. The maximum Gasteiger partial charge on any atom is 0.407 e. The van der Waals surface area contributed by atoms with E-state index in [9.17, 15) is 23.1 Å². The largest absolute Gasteiger partial charge is 0.497 e. The van der Waals surface area contributed by atoms with Crippen molar-refractivity contribution in [3.8, 4) is 17.2 Å². The van der Waals surface area contributed by atoms with E-state index in [2.05, 4.69) is 15.2 Å². The Morgan fingerprint density at radius 1 is 1.20 bits per heavy atom. The fourth-order valence-corrected chi connectivity index (χ4v) is 6.63. The fourth-order valence-electron chi connectivity index (χ4n) is 5.45. The lowest BCUT2D eigenvalue weighted by Crippen LogP contribution is -2.52. The molecular formula is C26H33N5O8S. The minimum atomic E-state index is -3.74. The second-order valence-electron chi connectivity index (χ2n) is 10.0. The number of benzene rings is 1. The van der Waals surface area contributed by atoms with Crippen LogP contribution in [0.25, 0.3) is 0 Å². The fraction of sp³-hybridized carbons (Fsp3) is 0.500. The summed E-state index contributed by atoms with van der Waals surface area (Å²) in [6.07, 6.45) is 3.13. The van der Waals surface area contributed by atoms with E-state index in [0.717, 1.165) is 6.26 Å². The van der Waals surface area contributed by atoms with E-state index >= 15 is 0 Å². The highest BCUT2D eigenvalue weighted by atomic mass is 32.2. The summed E-state index contributed by atoms with van der Waals surface area (Å²) in [5.74, 6) is 1.22. The molecular weight excluding hydrogens is 542 g/mol. The SMILES string of the molecule is COc1ccc2c(c1)NC(=O)C(CCN1CCC(N(Cc3cc4c(cn3)OCCO4)C(=O)O)CC1)N2S(C)(=O)=O. The van der Waals surface area contributed by atoms with Crippen molar-refractivity contribution in [1.29, 1.82) is 0 Å². The number of hydrogen-bond donors (Lipinski definition) is 2. The van der Waals surface area contributed by atoms with Crippen LogP contribution >= 0.6 is 0 Å². The van der Waals surface area contributed by atoms with E-state index < -0.39 is 28.1 Å². The van der Waals surface area contributed by atoms with Crippen molar-refractivity contribution in [2.24, 2.45) is 0 Å². The molecule has 4 heterocycles. The van der Waals surface area contributed by atoms with E-state index in [0.29, 0.717) is 86.4 Å². The van der Waals surface area contributed by atoms with Crippen LogP contribution < -0.4 is 23.8 Å². The van der Waals surface area contributed by atoms with Gasteiger partial charge >= 0.3 is 6.09 Å². The number of amides is 2. The molecule has 1 aromatic heterocycles. The topological polar surface area (TPSA) is 151 Å². The summed E-state index contributed by atoms with van der Waals surface area (Å²) in [6.45, 7) is 2.73. The Balaban J connectivity index is 1.21. The molecule has 40 heavy (non-hydrogen) atoms. The molecule has 14 heteroatoms. The summed E-state index contributed by atoms with van der Waals surface area (Å²) in [7, 11) is -2.24. The molecule has 13 nitrogen and oxygen atoms in total. The summed E-state index contributed by atoms with van der Waals surface area (Å²) in [6, 6.07) is 5.51. The number of pyridine rings is 1. The van der Waals surface area contributed by atoms with Gasteiger partial charge < -0.3 is 29.5 Å². The third-order valence-corrected chi connectivity index (χ3v) is 8.59. The molecule has 0 radical (unpaired) electrons. The van der Waals surface area contributed by atoms with E-state index in [-0.39, 0.29) is 12.6 Å². The van der Waals surface area contributed by atoms with Gasteiger partial charge in [-0.2, -0.15) is 0 Å². The maximum atomic E-state index is 13.0. The predicted octanol–water partition coefficient (Wildman–Crippen LogP) is 1.98. The molecule has 0 spiro atoms. The van der Waals surface area contributed by atoms with Crippen molar-refractivity contribution in [3.63, 3.8) is 0 Å². The molecule has 3 aliphatic heterocycles. The maximum absolute atomic E-state index is 13.0. The molecule has 1 unspecified atom stereocenters. The number of aromatic nitrogens is 1. The normalized spacial score (nSPS) is 19.5. The van der Waals surface area contributed by atoms with Crippen molar-refractivity contribution >= 4 is 33.4 Å². The molecule has 0 bridgehead atoms. The number of methoxy groups -OCH3 is 1. The average molecular weight is 576 g/mol. The van der Waals surface area contributed by atoms with Crippen LogP contribution in [0.5, 0.6) is 17.2 Å². The smallest absolute Gasteiger partial charge is 0.407 e. The second-order valence-corrected chi connectivity index (χ2v) is 11.9. The lowest BCUT2D eigenvalue weighted by molar-refractivity contribution is -0.117. The van der Waals surface area contributed by atoms with Crippen LogP contribution in [-0.4, -0.2) is 98.6 Å². The van der Waals surface area contributed by atoms with Gasteiger partial charge in [-0.05, 0) is 31.4 Å². The molecule has 5 rings (SSSR count). The first-order chi connectivity index (χ1) is 19.1. The molecule has 1 aromatic carbocycles. The van der Waals surface area contributed by atoms with Gasteiger partial charge in [-0.1, -0.05) is 0 Å². The Hall–Kier alpha value is -3.78. The van der Waals surface area contributed by atoms with Gasteiger partial charge in [0.1, 0.15) is 25.0 Å². The number of anilines is 2. The molecule has 216 valence electrons. The summed E-state index contributed by atoms with van der Waals surface area (Å²) in [5.41, 5.74) is 1.36. The van der Waals surface area contributed by atoms with Crippen molar-refractivity contribution in [3.05, 3.63) is 36.2 Å². The second kappa shape index (κ2) is 11.4. The molecule has 0 saturated carbocycles. The molecule has 2 aromatic rings. The number of fused-ring (bicyclic) bond motifs is 2. The number of nitrogens with one attached hydrogen (secondary N) is 1. The minimum absolute atomic E-state index is 0.131. The number of sulfonamides is 1. The molecule has 1 fully saturated rings. The van der Waals surface area contributed by atoms with Crippen molar-refractivity contribution in [2.75, 3.05) is 55.8 Å². The first-order valence-corrected chi connectivity index (χ1v) is 14.9. The monoisotopic (exact) mass is 575 g/mol. The van der Waals surface area contributed by atoms with Crippen molar-refractivity contribution < 1.29 is 37.3 Å². The van der Waals surface area contributed by atoms with Crippen LogP contribution in [0.1, 0.15) is 25.0 Å². The lowest BCUT2D eigenvalue weighted by Gasteiger charge is -2.39. The number of carboxylic acid groups (broad SMARTS) is 1. The Labute approximate surface area is 232 Å². The Morgan fingerprint density at radius 3 is 2.60 bits per heavy atom. The summed E-state index contributed by atoms with van der Waals surface area (Å²) < 4.78 is 43.0. The number of rotatable bonds is 8. The van der Waals surface area contributed by atoms with E-state index in [1.807, 2.05) is 0 Å². The molecule has 0 aliphatic carbocycles. The zero-order valence-electron chi connectivity index (χ0n) is 22.4. The van der Waals surface area contributed by atoms with Crippen molar-refractivity contribution in [1.82, 2.24) is 14.8 Å². The van der Waals surface area contributed by atoms with Crippen LogP contribution in [0.3, 0.4) is 0 Å². The van der Waals surface area contributed by atoms with Gasteiger partial charge in [0.25, 0.3) is 0 Å². The van der Waals surface area contributed by atoms with Gasteiger partial charge in [-0.25, -0.2) is 13.2 Å². The first kappa shape index (κ1) is 27.8. The van der Waals surface area contributed by atoms with Crippen LogP contribution in [-0.2, 0) is 21.4 Å². The molecule has 2 N–H and O–H groups in total. The zero-order chi connectivity index (χ0) is 28.4. The number of carbonyl (C=O) groups is 2. The minimum Gasteiger partial charge on any atom is -0.497 e. The van der Waals surface area contributed by atoms with Crippen LogP contribution in [0.2, 0.25) is 0 Å². The van der Waals surface area contributed by atoms with E-state index in [1.165, 1.54) is 16.3 Å². The molecule has 2 amide bonds. The van der Waals surface area contributed by atoms with Crippen LogP contribution in [0.4, 0.5) is 16.2 Å². The van der Waals surface area contributed by atoms with Gasteiger partial charge in [0.05, 0.1) is 43.2 Å².